The molecule has 0 fully saturated rings. The Bertz CT molecular complexity index is 712. The molecule has 1 heterocycles. The van der Waals surface area contributed by atoms with Gasteiger partial charge in [-0.3, -0.25) is 0 Å². The Hall–Kier alpha value is -1.44. The number of thiophene rings is 1. The summed E-state index contributed by atoms with van der Waals surface area (Å²) in [4.78, 5) is 0.438. The molecule has 0 amide bonds. The van der Waals surface area contributed by atoms with Crippen LogP contribution >= 0.6 is 11.3 Å². The molecule has 20 heavy (non-hydrogen) atoms. The number of sulfonamides is 1. The van der Waals surface area contributed by atoms with E-state index in [2.05, 4.69) is 4.72 Å². The Labute approximate surface area is 121 Å². The fourth-order valence-electron chi connectivity index (χ4n) is 1.85. The molecule has 1 atom stereocenters. The van der Waals surface area contributed by atoms with Gasteiger partial charge < -0.3 is 5.73 Å². The molecule has 0 saturated carbocycles. The highest BCUT2D eigenvalue weighted by molar-refractivity contribution is 7.89. The largest absolute Gasteiger partial charge is 0.399 e. The van der Waals surface area contributed by atoms with E-state index in [1.807, 2.05) is 17.5 Å². The van der Waals surface area contributed by atoms with Crippen LogP contribution < -0.4 is 10.5 Å². The summed E-state index contributed by atoms with van der Waals surface area (Å²) < 4.78 is 41.0. The highest BCUT2D eigenvalue weighted by Gasteiger charge is 2.24. The summed E-state index contributed by atoms with van der Waals surface area (Å²) >= 11 is 1.43. The van der Waals surface area contributed by atoms with Gasteiger partial charge in [-0.1, -0.05) is 6.07 Å². The number of nitrogens with one attached hydrogen (secondary N) is 1. The average molecular weight is 314 g/mol. The zero-order valence-corrected chi connectivity index (χ0v) is 12.7. The van der Waals surface area contributed by atoms with Crippen molar-refractivity contribution in [2.24, 2.45) is 0 Å². The van der Waals surface area contributed by atoms with Crippen molar-refractivity contribution in [1.29, 1.82) is 0 Å². The first-order chi connectivity index (χ1) is 9.31. The van der Waals surface area contributed by atoms with Gasteiger partial charge >= 0.3 is 0 Å². The number of nitrogens with two attached hydrogens (primary N) is 1. The van der Waals surface area contributed by atoms with Gasteiger partial charge in [-0.05, 0) is 43.0 Å². The van der Waals surface area contributed by atoms with Crippen LogP contribution in [0.5, 0.6) is 0 Å². The van der Waals surface area contributed by atoms with Gasteiger partial charge in [-0.2, -0.15) is 0 Å². The van der Waals surface area contributed by atoms with Gasteiger partial charge in [-0.15, -0.1) is 11.3 Å². The van der Waals surface area contributed by atoms with Crippen molar-refractivity contribution >= 4 is 27.0 Å². The van der Waals surface area contributed by atoms with Crippen LogP contribution in [0.1, 0.15) is 23.4 Å². The minimum absolute atomic E-state index is 0.203. The predicted molar refractivity (Wildman–Crippen MR) is 78.6 cm³/mol. The van der Waals surface area contributed by atoms with Crippen LogP contribution in [-0.2, 0) is 10.0 Å². The maximum atomic E-state index is 14.0. The topological polar surface area (TPSA) is 72.2 Å². The molecule has 1 aromatic carbocycles. The summed E-state index contributed by atoms with van der Waals surface area (Å²) in [7, 11) is -3.96. The third-order valence-electron chi connectivity index (χ3n) is 2.83. The second kappa shape index (κ2) is 5.51. The lowest BCUT2D eigenvalue weighted by molar-refractivity contribution is 0.545. The van der Waals surface area contributed by atoms with Crippen LogP contribution in [0.3, 0.4) is 0 Å². The van der Waals surface area contributed by atoms with Gasteiger partial charge in [0.05, 0.1) is 6.04 Å². The molecular formula is C13H15FN2O2S2. The number of rotatable bonds is 4. The summed E-state index contributed by atoms with van der Waals surface area (Å²) in [6.45, 7) is 3.19. The molecule has 1 aromatic heterocycles. The standard InChI is InChI=1S/C13H15FN2O2S2/c1-8-6-10(15)7-12(13(8)14)20(17,18)16-9(2)11-4-3-5-19-11/h3-7,9,16H,15H2,1-2H3. The quantitative estimate of drug-likeness (QED) is 0.852. The summed E-state index contributed by atoms with van der Waals surface area (Å²) in [5, 5.41) is 1.85. The van der Waals surface area contributed by atoms with Crippen molar-refractivity contribution in [2.75, 3.05) is 5.73 Å². The van der Waals surface area contributed by atoms with E-state index >= 15 is 0 Å². The van der Waals surface area contributed by atoms with Crippen LogP contribution in [0.25, 0.3) is 0 Å². The lowest BCUT2D eigenvalue weighted by atomic mass is 10.2. The molecule has 1 unspecified atom stereocenters. The SMILES string of the molecule is Cc1cc(N)cc(S(=O)(=O)NC(C)c2cccs2)c1F. The third-order valence-corrected chi connectivity index (χ3v) is 5.43. The molecule has 0 bridgehead atoms. The molecule has 0 spiro atoms. The minimum atomic E-state index is -3.96. The molecule has 108 valence electrons. The van der Waals surface area contributed by atoms with Gasteiger partial charge in [0.1, 0.15) is 10.7 Å². The van der Waals surface area contributed by atoms with E-state index in [0.717, 1.165) is 10.9 Å². The highest BCUT2D eigenvalue weighted by atomic mass is 32.2. The first-order valence-corrected chi connectivity index (χ1v) is 8.29. The van der Waals surface area contributed by atoms with Crippen LogP contribution in [0.4, 0.5) is 10.1 Å². The molecule has 7 heteroatoms. The normalized spacial score (nSPS) is 13.3. The molecule has 4 nitrogen and oxygen atoms in total. The average Bonchev–Trinajstić information content (AvgIpc) is 2.86. The van der Waals surface area contributed by atoms with Crippen molar-refractivity contribution in [2.45, 2.75) is 24.8 Å². The van der Waals surface area contributed by atoms with Crippen LogP contribution in [0.15, 0.2) is 34.5 Å². The van der Waals surface area contributed by atoms with Crippen molar-refractivity contribution in [3.8, 4) is 0 Å². The lowest BCUT2D eigenvalue weighted by Crippen LogP contribution is -2.27. The fraction of sp³-hybridized carbons (Fsp3) is 0.231. The first-order valence-electron chi connectivity index (χ1n) is 5.92. The van der Waals surface area contributed by atoms with Gasteiger partial charge in [0.2, 0.25) is 10.0 Å². The third kappa shape index (κ3) is 3.00. The monoisotopic (exact) mass is 314 g/mol. The second-order valence-electron chi connectivity index (χ2n) is 4.51. The summed E-state index contributed by atoms with van der Waals surface area (Å²) in [6.07, 6.45) is 0. The Morgan fingerprint density at radius 2 is 2.10 bits per heavy atom. The molecule has 2 rings (SSSR count). The van der Waals surface area contributed by atoms with E-state index in [1.165, 1.54) is 24.3 Å². The van der Waals surface area contributed by atoms with E-state index in [-0.39, 0.29) is 11.3 Å². The molecule has 0 aliphatic rings. The first kappa shape index (κ1) is 15.0. The zero-order valence-electron chi connectivity index (χ0n) is 11.1. The smallest absolute Gasteiger partial charge is 0.244 e. The van der Waals surface area contributed by atoms with Crippen molar-refractivity contribution in [3.05, 3.63) is 45.9 Å². The van der Waals surface area contributed by atoms with Crippen LogP contribution in [-0.4, -0.2) is 8.42 Å². The maximum absolute atomic E-state index is 14.0. The number of halogens is 1. The molecular weight excluding hydrogens is 299 g/mol. The second-order valence-corrected chi connectivity index (χ2v) is 7.17. The van der Waals surface area contributed by atoms with Gasteiger partial charge in [0, 0.05) is 10.6 Å². The van der Waals surface area contributed by atoms with Gasteiger partial charge in [0.25, 0.3) is 0 Å². The van der Waals surface area contributed by atoms with Gasteiger partial charge in [0.15, 0.2) is 0 Å². The van der Waals surface area contributed by atoms with Crippen LogP contribution in [0, 0.1) is 12.7 Å². The predicted octanol–water partition coefficient (Wildman–Crippen LogP) is 2.82. The molecule has 2 aromatic rings. The Balaban J connectivity index is 2.36. The molecule has 0 radical (unpaired) electrons. The minimum Gasteiger partial charge on any atom is -0.399 e. The van der Waals surface area contributed by atoms with Gasteiger partial charge in [-0.25, -0.2) is 17.5 Å². The maximum Gasteiger partial charge on any atom is 0.244 e. The fourth-order valence-corrected chi connectivity index (χ4v) is 4.07. The Kier molecular flexibility index (Phi) is 4.12. The molecule has 0 aliphatic carbocycles. The summed E-state index contributed by atoms with van der Waals surface area (Å²) in [5.41, 5.74) is 6.01. The number of benzene rings is 1. The number of hydrogen-bond donors (Lipinski definition) is 2. The summed E-state index contributed by atoms with van der Waals surface area (Å²) in [5.74, 6) is -0.773. The van der Waals surface area contributed by atoms with E-state index in [1.54, 1.807) is 6.92 Å². The Morgan fingerprint density at radius 3 is 2.70 bits per heavy atom. The number of anilines is 1. The number of hydrogen-bond acceptors (Lipinski definition) is 4. The van der Waals surface area contributed by atoms with Crippen molar-refractivity contribution < 1.29 is 12.8 Å². The van der Waals surface area contributed by atoms with E-state index in [9.17, 15) is 12.8 Å². The Morgan fingerprint density at radius 1 is 1.40 bits per heavy atom. The lowest BCUT2D eigenvalue weighted by Gasteiger charge is -2.14. The highest BCUT2D eigenvalue weighted by Crippen LogP contribution is 2.25. The zero-order chi connectivity index (χ0) is 14.9. The van der Waals surface area contributed by atoms with E-state index in [4.69, 9.17) is 5.73 Å². The number of nitrogen functional groups attached to an aromatic ring is 1. The van der Waals surface area contributed by atoms with E-state index < -0.39 is 26.8 Å². The van der Waals surface area contributed by atoms with E-state index in [0.29, 0.717) is 0 Å². The molecule has 3 N–H and O–H groups in total. The summed E-state index contributed by atoms with van der Waals surface area (Å²) in [6, 6.07) is 5.75. The van der Waals surface area contributed by atoms with Crippen LogP contribution in [0.2, 0.25) is 0 Å². The molecule has 0 aliphatic heterocycles. The molecule has 0 saturated heterocycles. The van der Waals surface area contributed by atoms with Crippen molar-refractivity contribution in [3.63, 3.8) is 0 Å². The van der Waals surface area contributed by atoms with Crippen molar-refractivity contribution in [1.82, 2.24) is 4.72 Å². The number of aryl methyl sites for hydroxylation is 1.